The summed E-state index contributed by atoms with van der Waals surface area (Å²) >= 11 is 0. The molecule has 0 aromatic rings. The fourth-order valence-electron chi connectivity index (χ4n) is 6.83. The van der Waals surface area contributed by atoms with Gasteiger partial charge in [0.15, 0.2) is 0 Å². The zero-order valence-electron chi connectivity index (χ0n) is 29.9. The molecule has 248 valence electrons. The van der Waals surface area contributed by atoms with E-state index in [2.05, 4.69) is 27.7 Å². The van der Waals surface area contributed by atoms with E-state index in [1.54, 1.807) is 0 Å². The maximum absolute atomic E-state index is 2.52. The van der Waals surface area contributed by atoms with E-state index < -0.39 is 0 Å². The van der Waals surface area contributed by atoms with Gasteiger partial charge in [0.2, 0.25) is 0 Å². The van der Waals surface area contributed by atoms with Gasteiger partial charge >= 0.3 is 0 Å². The first-order valence-electron chi connectivity index (χ1n) is 20.2. The molecule has 0 radical (unpaired) electrons. The molecule has 0 aromatic carbocycles. The Balaban J connectivity index is 3.23. The first-order valence-corrected chi connectivity index (χ1v) is 20.2. The second kappa shape index (κ2) is 36.2. The summed E-state index contributed by atoms with van der Waals surface area (Å²) in [4.78, 5) is 0. The van der Waals surface area contributed by atoms with Gasteiger partial charge in [0.1, 0.15) is 0 Å². The highest BCUT2D eigenvalue weighted by Crippen LogP contribution is 2.21. The lowest BCUT2D eigenvalue weighted by atomic mass is 9.93. The molecule has 0 saturated carbocycles. The van der Waals surface area contributed by atoms with E-state index in [-0.39, 0.29) is 0 Å². The van der Waals surface area contributed by atoms with Crippen LogP contribution in [-0.4, -0.2) is 0 Å². The summed E-state index contributed by atoms with van der Waals surface area (Å²) in [5.74, 6) is 1.92. The molecule has 0 fully saturated rings. The van der Waals surface area contributed by atoms with Gasteiger partial charge in [0.05, 0.1) is 0 Å². The van der Waals surface area contributed by atoms with Gasteiger partial charge in [-0.2, -0.15) is 0 Å². The Morgan fingerprint density at radius 2 is 0.366 bits per heavy atom. The molecule has 0 N–H and O–H groups in total. The van der Waals surface area contributed by atoms with E-state index in [1.165, 1.54) is 225 Å². The molecule has 0 bridgehead atoms. The molecular formula is C41H84. The second-order valence-corrected chi connectivity index (χ2v) is 14.6. The van der Waals surface area contributed by atoms with Crippen molar-refractivity contribution in [3.05, 3.63) is 0 Å². The molecule has 0 nitrogen and oxygen atoms in total. The molecule has 0 aliphatic rings. The summed E-state index contributed by atoms with van der Waals surface area (Å²) in [6.07, 6.45) is 51.6. The monoisotopic (exact) mass is 577 g/mol. The first-order chi connectivity index (χ1) is 20.2. The summed E-state index contributed by atoms with van der Waals surface area (Å²) < 4.78 is 0. The predicted octanol–water partition coefficient (Wildman–Crippen LogP) is 16.0. The minimum Gasteiger partial charge on any atom is -0.0654 e. The normalized spacial score (nSPS) is 13.2. The third-order valence-corrected chi connectivity index (χ3v) is 9.99. The zero-order chi connectivity index (χ0) is 29.9. The van der Waals surface area contributed by atoms with Crippen LogP contribution in [0.25, 0.3) is 0 Å². The molecule has 0 amide bonds. The number of hydrogen-bond donors (Lipinski definition) is 0. The van der Waals surface area contributed by atoms with E-state index in [0.717, 1.165) is 11.8 Å². The van der Waals surface area contributed by atoms with Crippen molar-refractivity contribution in [2.75, 3.05) is 0 Å². The molecule has 41 heavy (non-hydrogen) atoms. The van der Waals surface area contributed by atoms with E-state index in [0.29, 0.717) is 0 Å². The lowest BCUT2D eigenvalue weighted by molar-refractivity contribution is 0.407. The summed E-state index contributed by atoms with van der Waals surface area (Å²) in [5.41, 5.74) is 0. The minimum absolute atomic E-state index is 0.958. The Hall–Kier alpha value is 0. The van der Waals surface area contributed by atoms with E-state index in [1.807, 2.05) is 0 Å². The fourth-order valence-corrected chi connectivity index (χ4v) is 6.83. The average Bonchev–Trinajstić information content (AvgIpc) is 2.97. The minimum atomic E-state index is 0.958. The van der Waals surface area contributed by atoms with Crippen LogP contribution in [0.2, 0.25) is 0 Å². The Morgan fingerprint density at radius 1 is 0.220 bits per heavy atom. The van der Waals surface area contributed by atoms with Gasteiger partial charge in [-0.05, 0) is 11.8 Å². The molecule has 0 rings (SSSR count). The molecule has 0 heteroatoms. The van der Waals surface area contributed by atoms with Gasteiger partial charge in [-0.1, -0.05) is 252 Å². The van der Waals surface area contributed by atoms with E-state index >= 15 is 0 Å². The molecule has 0 aromatic heterocycles. The maximum atomic E-state index is 2.52. The van der Waals surface area contributed by atoms with E-state index in [9.17, 15) is 0 Å². The largest absolute Gasteiger partial charge is 0.0654 e. The molecule has 0 heterocycles. The lowest BCUT2D eigenvalue weighted by Gasteiger charge is -2.13. The lowest BCUT2D eigenvalue weighted by Crippen LogP contribution is -1.97. The Labute approximate surface area is 263 Å². The molecule has 0 saturated heterocycles. The molecule has 0 spiro atoms. The van der Waals surface area contributed by atoms with Crippen LogP contribution < -0.4 is 0 Å². The van der Waals surface area contributed by atoms with Crippen LogP contribution in [0.1, 0.15) is 252 Å². The summed E-state index contributed by atoms with van der Waals surface area (Å²) in [7, 11) is 0. The van der Waals surface area contributed by atoms with Crippen molar-refractivity contribution < 1.29 is 0 Å². The van der Waals surface area contributed by atoms with Crippen molar-refractivity contribution in [2.24, 2.45) is 11.8 Å². The maximum Gasteiger partial charge on any atom is -0.0443 e. The Kier molecular flexibility index (Phi) is 36.2. The first kappa shape index (κ1) is 41.0. The van der Waals surface area contributed by atoms with Crippen molar-refractivity contribution in [2.45, 2.75) is 252 Å². The Morgan fingerprint density at radius 3 is 0.561 bits per heavy atom. The molecule has 0 aliphatic carbocycles. The van der Waals surface area contributed by atoms with Gasteiger partial charge in [-0.25, -0.2) is 0 Å². The van der Waals surface area contributed by atoms with Gasteiger partial charge in [0.25, 0.3) is 0 Å². The van der Waals surface area contributed by atoms with Gasteiger partial charge in [-0.15, -0.1) is 0 Å². The van der Waals surface area contributed by atoms with Crippen LogP contribution in [0, 0.1) is 11.8 Å². The predicted molar refractivity (Wildman–Crippen MR) is 191 cm³/mol. The molecule has 2 unspecified atom stereocenters. The molecule has 0 aliphatic heterocycles. The summed E-state index contributed by atoms with van der Waals surface area (Å²) in [5, 5.41) is 0. The standard InChI is InChI=1S/C41H84/c1-5-7-9-11-13-15-17-18-19-20-21-22-23-24-26-28-30-33-37-41(4)39-35-31-34-38-40(3)36-32-29-27-25-16-14-12-10-8-6-2/h40-41H,5-39H2,1-4H3. The molecular weight excluding hydrogens is 492 g/mol. The van der Waals surface area contributed by atoms with Crippen LogP contribution >= 0.6 is 0 Å². The van der Waals surface area contributed by atoms with E-state index in [4.69, 9.17) is 0 Å². The third-order valence-electron chi connectivity index (χ3n) is 9.99. The number of unbranched alkanes of at least 4 members (excludes halogenated alkanes) is 28. The van der Waals surface area contributed by atoms with Crippen molar-refractivity contribution >= 4 is 0 Å². The van der Waals surface area contributed by atoms with Gasteiger partial charge in [-0.3, -0.25) is 0 Å². The van der Waals surface area contributed by atoms with Crippen LogP contribution in [0.3, 0.4) is 0 Å². The second-order valence-electron chi connectivity index (χ2n) is 14.6. The van der Waals surface area contributed by atoms with Gasteiger partial charge < -0.3 is 0 Å². The van der Waals surface area contributed by atoms with Crippen LogP contribution in [0.15, 0.2) is 0 Å². The fraction of sp³-hybridized carbons (Fsp3) is 1.00. The van der Waals surface area contributed by atoms with Crippen molar-refractivity contribution in [1.82, 2.24) is 0 Å². The van der Waals surface area contributed by atoms with Crippen LogP contribution in [0.4, 0.5) is 0 Å². The summed E-state index contributed by atoms with van der Waals surface area (Å²) in [6, 6.07) is 0. The average molecular weight is 577 g/mol. The van der Waals surface area contributed by atoms with Crippen LogP contribution in [-0.2, 0) is 0 Å². The third kappa shape index (κ3) is 36.1. The van der Waals surface area contributed by atoms with Gasteiger partial charge in [0, 0.05) is 0 Å². The zero-order valence-corrected chi connectivity index (χ0v) is 29.9. The highest BCUT2D eigenvalue weighted by molar-refractivity contribution is 4.59. The summed E-state index contributed by atoms with van der Waals surface area (Å²) in [6.45, 7) is 9.65. The quantitative estimate of drug-likeness (QED) is 0.0651. The van der Waals surface area contributed by atoms with Crippen LogP contribution in [0.5, 0.6) is 0 Å². The number of hydrogen-bond acceptors (Lipinski definition) is 0. The highest BCUT2D eigenvalue weighted by atomic mass is 14.1. The number of rotatable bonds is 36. The SMILES string of the molecule is CCCCCCCCCCCCCCCCCCCCC(C)CCCCCC(C)CCCCCCCCCCCC. The topological polar surface area (TPSA) is 0 Å². The van der Waals surface area contributed by atoms with Crippen molar-refractivity contribution in [1.29, 1.82) is 0 Å². The smallest absolute Gasteiger partial charge is 0.0443 e. The highest BCUT2D eigenvalue weighted by Gasteiger charge is 2.05. The van der Waals surface area contributed by atoms with Crippen molar-refractivity contribution in [3.8, 4) is 0 Å². The van der Waals surface area contributed by atoms with Crippen molar-refractivity contribution in [3.63, 3.8) is 0 Å². The Bertz CT molecular complexity index is 439. The molecule has 2 atom stereocenters.